The van der Waals surface area contributed by atoms with Crippen molar-refractivity contribution in [3.05, 3.63) is 65.0 Å². The highest BCUT2D eigenvalue weighted by Crippen LogP contribution is 2.28. The Kier molecular flexibility index (Phi) is 10.7. The van der Waals surface area contributed by atoms with Crippen LogP contribution in [0.2, 0.25) is 0 Å². The Labute approximate surface area is 211 Å². The zero-order chi connectivity index (χ0) is 25.3. The van der Waals surface area contributed by atoms with Crippen molar-refractivity contribution < 1.29 is 27.5 Å². The molecule has 3 rings (SSSR count). The molecule has 1 aliphatic heterocycles. The molecule has 0 radical (unpaired) electrons. The summed E-state index contributed by atoms with van der Waals surface area (Å²) in [6.45, 7) is 8.06. The summed E-state index contributed by atoms with van der Waals surface area (Å²) in [6.07, 6.45) is 2.44. The van der Waals surface area contributed by atoms with Gasteiger partial charge in [-0.15, -0.1) is 0 Å². The number of rotatable bonds is 12. The van der Waals surface area contributed by atoms with E-state index < -0.39 is 15.7 Å². The first-order valence-electron chi connectivity index (χ1n) is 12.2. The van der Waals surface area contributed by atoms with E-state index in [4.69, 9.17) is 18.9 Å². The smallest absolute Gasteiger partial charge is 0.157 e. The third-order valence-electron chi connectivity index (χ3n) is 5.82. The van der Waals surface area contributed by atoms with Crippen LogP contribution < -0.4 is 9.46 Å². The van der Waals surface area contributed by atoms with Crippen LogP contribution in [0.25, 0.3) is 0 Å². The zero-order valence-corrected chi connectivity index (χ0v) is 22.0. The quantitative estimate of drug-likeness (QED) is 0.399. The lowest BCUT2D eigenvalue weighted by Crippen LogP contribution is -2.37. The van der Waals surface area contributed by atoms with Crippen LogP contribution in [0.3, 0.4) is 0 Å². The van der Waals surface area contributed by atoms with E-state index in [2.05, 4.69) is 4.72 Å². The van der Waals surface area contributed by atoms with Crippen molar-refractivity contribution in [3.8, 4) is 5.75 Å². The molecule has 0 amide bonds. The van der Waals surface area contributed by atoms with Gasteiger partial charge in [0.25, 0.3) is 0 Å². The molecule has 1 N–H and O–H groups in total. The third kappa shape index (κ3) is 8.95. The Morgan fingerprint density at radius 3 is 2.51 bits per heavy atom. The monoisotopic (exact) mass is 507 g/mol. The Morgan fingerprint density at radius 1 is 1.14 bits per heavy atom. The van der Waals surface area contributed by atoms with Crippen molar-refractivity contribution in [1.29, 1.82) is 0 Å². The van der Waals surface area contributed by atoms with Gasteiger partial charge in [0.05, 0.1) is 49.3 Å². The van der Waals surface area contributed by atoms with Crippen molar-refractivity contribution >= 4 is 11.0 Å². The third-order valence-corrected chi connectivity index (χ3v) is 7.43. The Hall–Kier alpha value is -1.84. The van der Waals surface area contributed by atoms with Crippen molar-refractivity contribution in [1.82, 2.24) is 4.72 Å². The van der Waals surface area contributed by atoms with Gasteiger partial charge in [0, 0.05) is 12.5 Å². The fourth-order valence-corrected chi connectivity index (χ4v) is 4.66. The minimum absolute atomic E-state index is 0.291. The number of ether oxygens (including phenoxy) is 4. The van der Waals surface area contributed by atoms with E-state index in [1.165, 1.54) is 6.07 Å². The highest BCUT2D eigenvalue weighted by atomic mass is 32.2. The van der Waals surface area contributed by atoms with Crippen LogP contribution in [0.1, 0.15) is 62.8 Å². The van der Waals surface area contributed by atoms with Crippen molar-refractivity contribution in [2.45, 2.75) is 70.1 Å². The van der Waals surface area contributed by atoms with E-state index in [9.17, 15) is 8.60 Å². The summed E-state index contributed by atoms with van der Waals surface area (Å²) in [5.74, 6) is 0.487. The van der Waals surface area contributed by atoms with Crippen LogP contribution in [-0.2, 0) is 38.2 Å². The SMILES string of the molecule is COc1ccc(COCCc2ccc(F)cc2[C@@H](CCC2OCCCO2)NS(=O)C(C)(C)C)cc1. The van der Waals surface area contributed by atoms with Gasteiger partial charge in [-0.05, 0) is 81.0 Å². The van der Waals surface area contributed by atoms with Crippen molar-refractivity contribution in [2.75, 3.05) is 26.9 Å². The van der Waals surface area contributed by atoms with E-state index in [-0.39, 0.29) is 18.1 Å². The molecule has 1 unspecified atom stereocenters. The fourth-order valence-electron chi connectivity index (χ4n) is 3.80. The second-order valence-electron chi connectivity index (χ2n) is 9.65. The average molecular weight is 508 g/mol. The van der Waals surface area contributed by atoms with Crippen molar-refractivity contribution in [3.63, 3.8) is 0 Å². The maximum atomic E-state index is 14.4. The lowest BCUT2D eigenvalue weighted by Gasteiger charge is -2.29. The van der Waals surface area contributed by atoms with Gasteiger partial charge >= 0.3 is 0 Å². The van der Waals surface area contributed by atoms with Gasteiger partial charge in [0.2, 0.25) is 0 Å². The minimum atomic E-state index is -1.32. The van der Waals surface area contributed by atoms with Gasteiger partial charge in [-0.25, -0.2) is 13.3 Å². The molecule has 1 fully saturated rings. The number of hydrogen-bond acceptors (Lipinski definition) is 5. The molecule has 0 aromatic heterocycles. The van der Waals surface area contributed by atoms with Gasteiger partial charge in [0.1, 0.15) is 11.6 Å². The highest BCUT2D eigenvalue weighted by molar-refractivity contribution is 7.84. The van der Waals surface area contributed by atoms with E-state index in [1.54, 1.807) is 19.2 Å². The van der Waals surface area contributed by atoms with E-state index in [0.29, 0.717) is 45.7 Å². The number of benzene rings is 2. The summed E-state index contributed by atoms with van der Waals surface area (Å²) >= 11 is 0. The van der Waals surface area contributed by atoms with Gasteiger partial charge in [-0.2, -0.15) is 0 Å². The van der Waals surface area contributed by atoms with E-state index in [0.717, 1.165) is 28.9 Å². The standard InChI is InChI=1S/C27H38FNO5S/c1-27(2,3)35(30)29-25(12-13-26-33-15-5-16-34-26)24-18-22(28)9-8-21(24)14-17-32-19-20-6-10-23(31-4)11-7-20/h6-11,18,25-26,29H,5,12-17,19H2,1-4H3/t25-,35?/m1/s1. The molecule has 0 aliphatic carbocycles. The van der Waals surface area contributed by atoms with E-state index >= 15 is 0 Å². The Bertz CT molecular complexity index is 942. The molecular weight excluding hydrogens is 469 g/mol. The molecule has 0 saturated carbocycles. The molecule has 8 heteroatoms. The van der Waals surface area contributed by atoms with Gasteiger partial charge in [-0.3, -0.25) is 0 Å². The summed E-state index contributed by atoms with van der Waals surface area (Å²) in [6, 6.07) is 12.2. The van der Waals surface area contributed by atoms with Gasteiger partial charge in [-0.1, -0.05) is 18.2 Å². The topological polar surface area (TPSA) is 66.0 Å². The predicted molar refractivity (Wildman–Crippen MR) is 136 cm³/mol. The Morgan fingerprint density at radius 2 is 1.86 bits per heavy atom. The number of nitrogens with one attached hydrogen (secondary N) is 1. The maximum Gasteiger partial charge on any atom is 0.157 e. The van der Waals surface area contributed by atoms with Crippen LogP contribution in [0.15, 0.2) is 42.5 Å². The maximum absolute atomic E-state index is 14.4. The largest absolute Gasteiger partial charge is 0.497 e. The molecule has 2 atom stereocenters. The molecule has 0 spiro atoms. The lowest BCUT2D eigenvalue weighted by atomic mass is 9.95. The summed E-state index contributed by atoms with van der Waals surface area (Å²) in [5.41, 5.74) is 2.82. The molecule has 0 bridgehead atoms. The number of halogens is 1. The van der Waals surface area contributed by atoms with Crippen LogP contribution in [0.4, 0.5) is 4.39 Å². The molecule has 1 aliphatic rings. The molecule has 2 aromatic rings. The summed E-state index contributed by atoms with van der Waals surface area (Å²) in [7, 11) is 0.319. The second kappa shape index (κ2) is 13.5. The summed E-state index contributed by atoms with van der Waals surface area (Å²) in [4.78, 5) is 0. The lowest BCUT2D eigenvalue weighted by molar-refractivity contribution is -0.182. The number of hydrogen-bond donors (Lipinski definition) is 1. The first-order chi connectivity index (χ1) is 16.8. The first kappa shape index (κ1) is 27.7. The predicted octanol–water partition coefficient (Wildman–Crippen LogP) is 5.23. The number of methoxy groups -OCH3 is 1. The molecule has 6 nitrogen and oxygen atoms in total. The molecular formula is C27H38FNO5S. The molecule has 2 aromatic carbocycles. The van der Waals surface area contributed by atoms with Gasteiger partial charge < -0.3 is 18.9 Å². The average Bonchev–Trinajstić information content (AvgIpc) is 2.85. The first-order valence-corrected chi connectivity index (χ1v) is 13.3. The van der Waals surface area contributed by atoms with Crippen LogP contribution in [0, 0.1) is 5.82 Å². The normalized spacial score (nSPS) is 16.7. The fraction of sp³-hybridized carbons (Fsp3) is 0.556. The van der Waals surface area contributed by atoms with Crippen LogP contribution >= 0.6 is 0 Å². The molecule has 35 heavy (non-hydrogen) atoms. The molecule has 194 valence electrons. The summed E-state index contributed by atoms with van der Waals surface area (Å²) < 4.78 is 52.6. The summed E-state index contributed by atoms with van der Waals surface area (Å²) in [5, 5.41) is 0. The second-order valence-corrected chi connectivity index (χ2v) is 11.6. The zero-order valence-electron chi connectivity index (χ0n) is 21.2. The molecule has 1 saturated heterocycles. The minimum Gasteiger partial charge on any atom is -0.497 e. The van der Waals surface area contributed by atoms with Gasteiger partial charge in [0.15, 0.2) is 6.29 Å². The van der Waals surface area contributed by atoms with Crippen molar-refractivity contribution in [2.24, 2.45) is 0 Å². The highest BCUT2D eigenvalue weighted by Gasteiger charge is 2.26. The Balaban J connectivity index is 1.68. The van der Waals surface area contributed by atoms with Crippen LogP contribution in [0.5, 0.6) is 5.75 Å². The van der Waals surface area contributed by atoms with E-state index in [1.807, 2.05) is 45.0 Å². The van der Waals surface area contributed by atoms with Crippen LogP contribution in [-0.4, -0.2) is 42.2 Å². The molecule has 1 heterocycles.